The molecule has 4 aromatic rings. The lowest BCUT2D eigenvalue weighted by molar-refractivity contribution is 0.0667. The quantitative estimate of drug-likeness (QED) is 0.532. The second-order valence-electron chi connectivity index (χ2n) is 7.45. The minimum Gasteiger partial charge on any atom is -0.361 e. The zero-order chi connectivity index (χ0) is 20.5. The number of fused-ring (bicyclic) bond motifs is 1. The summed E-state index contributed by atoms with van der Waals surface area (Å²) in [6.07, 6.45) is 4.95. The highest BCUT2D eigenvalue weighted by molar-refractivity contribution is 6.01. The molecular formula is C24H21N5O. The van der Waals surface area contributed by atoms with Crippen molar-refractivity contribution in [2.75, 3.05) is 5.32 Å². The van der Waals surface area contributed by atoms with Crippen molar-refractivity contribution < 1.29 is 4.79 Å². The molecule has 30 heavy (non-hydrogen) atoms. The van der Waals surface area contributed by atoms with E-state index in [0.29, 0.717) is 12.1 Å². The number of anilines is 1. The topological polar surface area (TPSA) is 73.9 Å². The average molecular weight is 395 g/mol. The zero-order valence-electron chi connectivity index (χ0n) is 16.5. The predicted octanol–water partition coefficient (Wildman–Crippen LogP) is 4.55. The van der Waals surface area contributed by atoms with Gasteiger partial charge in [0, 0.05) is 35.8 Å². The van der Waals surface area contributed by atoms with E-state index in [9.17, 15) is 4.79 Å². The van der Waals surface area contributed by atoms with Crippen LogP contribution in [0.2, 0.25) is 0 Å². The molecule has 0 saturated heterocycles. The Labute approximate surface area is 174 Å². The maximum atomic E-state index is 13.5. The lowest BCUT2D eigenvalue weighted by Crippen LogP contribution is -2.42. The second-order valence-corrected chi connectivity index (χ2v) is 7.45. The number of rotatable bonds is 4. The molecule has 148 valence electrons. The summed E-state index contributed by atoms with van der Waals surface area (Å²) in [6, 6.07) is 19.8. The van der Waals surface area contributed by atoms with Crippen molar-refractivity contribution in [2.24, 2.45) is 0 Å². The minimum atomic E-state index is -0.359. The van der Waals surface area contributed by atoms with E-state index in [4.69, 9.17) is 0 Å². The Bertz CT molecular complexity index is 1180. The number of aryl methyl sites for hydroxylation is 1. The molecule has 2 aromatic heterocycles. The third-order valence-electron chi connectivity index (χ3n) is 5.41. The molecule has 6 heteroatoms. The van der Waals surface area contributed by atoms with Gasteiger partial charge in [0.2, 0.25) is 0 Å². The Balaban J connectivity index is 1.59. The number of aromatic amines is 1. The van der Waals surface area contributed by atoms with E-state index in [1.54, 1.807) is 18.6 Å². The highest BCUT2D eigenvalue weighted by atomic mass is 16.2. The summed E-state index contributed by atoms with van der Waals surface area (Å²) in [5, 5.41) is 10.9. The molecule has 0 aliphatic carbocycles. The van der Waals surface area contributed by atoms with Gasteiger partial charge in [-0.15, -0.1) is 0 Å². The van der Waals surface area contributed by atoms with Crippen molar-refractivity contribution in [2.45, 2.75) is 19.6 Å². The van der Waals surface area contributed by atoms with Gasteiger partial charge in [0.15, 0.2) is 0 Å². The number of hydrogen-bond acceptors (Lipinski definition) is 4. The van der Waals surface area contributed by atoms with Gasteiger partial charge in [0.05, 0.1) is 17.5 Å². The fourth-order valence-corrected chi connectivity index (χ4v) is 3.84. The van der Waals surface area contributed by atoms with Crippen LogP contribution in [0, 0.1) is 6.92 Å². The monoisotopic (exact) mass is 395 g/mol. The van der Waals surface area contributed by atoms with E-state index in [-0.39, 0.29) is 12.1 Å². The van der Waals surface area contributed by atoms with Crippen LogP contribution in [0.25, 0.3) is 11.3 Å². The van der Waals surface area contributed by atoms with Crippen LogP contribution in [0.15, 0.2) is 79.3 Å². The predicted molar refractivity (Wildman–Crippen MR) is 116 cm³/mol. The van der Waals surface area contributed by atoms with E-state index in [1.807, 2.05) is 41.3 Å². The molecule has 1 atom stereocenters. The first-order chi connectivity index (χ1) is 14.7. The first-order valence-electron chi connectivity index (χ1n) is 9.86. The van der Waals surface area contributed by atoms with Gasteiger partial charge in [-0.25, -0.2) is 0 Å². The van der Waals surface area contributed by atoms with E-state index in [0.717, 1.165) is 28.1 Å². The molecule has 0 fully saturated rings. The van der Waals surface area contributed by atoms with Gasteiger partial charge < -0.3 is 10.2 Å². The Hall–Kier alpha value is -3.93. The molecule has 1 amide bonds. The standard InChI is InChI=1S/C24H21N5O/c1-16-8-10-17(11-9-16)15-29-23(27-21-7-3-2-6-19(21)24(29)30)20-14-26-28-22(20)18-5-4-12-25-13-18/h2-14,23,27H,15H2,1H3,(H,26,28). The van der Waals surface area contributed by atoms with Crippen molar-refractivity contribution in [3.8, 4) is 11.3 Å². The van der Waals surface area contributed by atoms with Crippen molar-refractivity contribution in [1.82, 2.24) is 20.1 Å². The van der Waals surface area contributed by atoms with Gasteiger partial charge in [-0.05, 0) is 36.8 Å². The highest BCUT2D eigenvalue weighted by Gasteiger charge is 2.34. The summed E-state index contributed by atoms with van der Waals surface area (Å²) in [5.74, 6) is -0.00624. The van der Waals surface area contributed by atoms with Crippen LogP contribution in [0.4, 0.5) is 5.69 Å². The summed E-state index contributed by atoms with van der Waals surface area (Å²) >= 11 is 0. The van der Waals surface area contributed by atoms with E-state index in [2.05, 4.69) is 51.7 Å². The molecule has 2 aromatic carbocycles. The van der Waals surface area contributed by atoms with Crippen LogP contribution in [0.3, 0.4) is 0 Å². The summed E-state index contributed by atoms with van der Waals surface area (Å²) in [7, 11) is 0. The number of amides is 1. The SMILES string of the molecule is Cc1ccc(CN2C(=O)c3ccccc3NC2c2cn[nH]c2-c2cccnc2)cc1. The van der Waals surface area contributed by atoms with Crippen LogP contribution in [-0.4, -0.2) is 26.0 Å². The molecule has 0 spiro atoms. The number of pyridine rings is 1. The number of carbonyl (C=O) groups excluding carboxylic acids is 1. The fourth-order valence-electron chi connectivity index (χ4n) is 3.84. The maximum absolute atomic E-state index is 13.5. The summed E-state index contributed by atoms with van der Waals surface area (Å²) in [6.45, 7) is 2.55. The first-order valence-corrected chi connectivity index (χ1v) is 9.86. The van der Waals surface area contributed by atoms with Crippen LogP contribution in [0.5, 0.6) is 0 Å². The first kappa shape index (κ1) is 18.1. The third kappa shape index (κ3) is 3.22. The molecule has 5 rings (SSSR count). The molecule has 1 aliphatic rings. The number of H-pyrrole nitrogens is 1. The molecule has 0 bridgehead atoms. The Morgan fingerprint density at radius 3 is 2.63 bits per heavy atom. The fraction of sp³-hybridized carbons (Fsp3) is 0.125. The largest absolute Gasteiger partial charge is 0.361 e. The van der Waals surface area contributed by atoms with Crippen molar-refractivity contribution in [1.29, 1.82) is 0 Å². The van der Waals surface area contributed by atoms with Crippen molar-refractivity contribution >= 4 is 11.6 Å². The van der Waals surface area contributed by atoms with Gasteiger partial charge in [0.25, 0.3) is 5.91 Å². The molecule has 6 nitrogen and oxygen atoms in total. The van der Waals surface area contributed by atoms with Crippen LogP contribution in [0.1, 0.15) is 33.2 Å². The molecule has 1 aliphatic heterocycles. The summed E-state index contributed by atoms with van der Waals surface area (Å²) < 4.78 is 0. The maximum Gasteiger partial charge on any atom is 0.258 e. The normalized spacial score (nSPS) is 15.6. The lowest BCUT2D eigenvalue weighted by atomic mass is 10.0. The number of nitrogens with zero attached hydrogens (tertiary/aromatic N) is 3. The van der Waals surface area contributed by atoms with Gasteiger partial charge in [-0.2, -0.15) is 5.10 Å². The van der Waals surface area contributed by atoms with Gasteiger partial charge in [0.1, 0.15) is 6.17 Å². The van der Waals surface area contributed by atoms with Crippen LogP contribution >= 0.6 is 0 Å². The number of aromatic nitrogens is 3. The van der Waals surface area contributed by atoms with Gasteiger partial charge in [-0.1, -0.05) is 42.0 Å². The number of para-hydroxylation sites is 1. The minimum absolute atomic E-state index is 0.00624. The molecule has 1 unspecified atom stereocenters. The van der Waals surface area contributed by atoms with E-state index < -0.39 is 0 Å². The Morgan fingerprint density at radius 2 is 1.83 bits per heavy atom. The lowest BCUT2D eigenvalue weighted by Gasteiger charge is -2.38. The van der Waals surface area contributed by atoms with Gasteiger partial charge >= 0.3 is 0 Å². The number of nitrogens with one attached hydrogen (secondary N) is 2. The molecule has 3 heterocycles. The molecule has 0 radical (unpaired) electrons. The molecule has 0 saturated carbocycles. The van der Waals surface area contributed by atoms with Crippen molar-refractivity contribution in [3.63, 3.8) is 0 Å². The number of benzene rings is 2. The molecule has 2 N–H and O–H groups in total. The zero-order valence-corrected chi connectivity index (χ0v) is 16.5. The smallest absolute Gasteiger partial charge is 0.258 e. The third-order valence-corrected chi connectivity index (χ3v) is 5.41. The number of hydrogen-bond donors (Lipinski definition) is 2. The molecular weight excluding hydrogens is 374 g/mol. The van der Waals surface area contributed by atoms with Gasteiger partial charge in [-0.3, -0.25) is 14.9 Å². The van der Waals surface area contributed by atoms with E-state index in [1.165, 1.54) is 5.56 Å². The highest BCUT2D eigenvalue weighted by Crippen LogP contribution is 2.37. The Morgan fingerprint density at radius 1 is 1.00 bits per heavy atom. The number of carbonyl (C=O) groups is 1. The second kappa shape index (κ2) is 7.48. The van der Waals surface area contributed by atoms with Crippen LogP contribution < -0.4 is 5.32 Å². The van der Waals surface area contributed by atoms with Crippen molar-refractivity contribution in [3.05, 3.63) is 102 Å². The summed E-state index contributed by atoms with van der Waals surface area (Å²) in [5.41, 5.74) is 6.44. The Kier molecular flexibility index (Phi) is 4.52. The van der Waals surface area contributed by atoms with E-state index >= 15 is 0 Å². The average Bonchev–Trinajstić information content (AvgIpc) is 3.27. The summed E-state index contributed by atoms with van der Waals surface area (Å²) in [4.78, 5) is 19.6. The van der Waals surface area contributed by atoms with Crippen LogP contribution in [-0.2, 0) is 6.54 Å².